The van der Waals surface area contributed by atoms with Crippen molar-refractivity contribution in [1.29, 1.82) is 0 Å². The van der Waals surface area contributed by atoms with Crippen LogP contribution in [0.4, 0.5) is 4.79 Å². The van der Waals surface area contributed by atoms with E-state index >= 15 is 0 Å². The van der Waals surface area contributed by atoms with E-state index in [1.165, 1.54) is 0 Å². The fourth-order valence-electron chi connectivity index (χ4n) is 3.88. The molecule has 6 heteroatoms. The number of benzene rings is 1. The summed E-state index contributed by atoms with van der Waals surface area (Å²) in [5.41, 5.74) is 1.11. The van der Waals surface area contributed by atoms with Crippen LogP contribution < -0.4 is 0 Å². The van der Waals surface area contributed by atoms with Crippen LogP contribution in [0.25, 0.3) is 0 Å². The summed E-state index contributed by atoms with van der Waals surface area (Å²) in [5, 5.41) is 9.10. The molecule has 0 unspecified atom stereocenters. The molecular weight excluding hydrogens is 394 g/mol. The Morgan fingerprint density at radius 2 is 1.74 bits per heavy atom. The molecule has 1 amide bonds. The molecule has 1 saturated heterocycles. The summed E-state index contributed by atoms with van der Waals surface area (Å²) in [6, 6.07) is 8.17. The number of aryl methyl sites for hydroxylation is 1. The summed E-state index contributed by atoms with van der Waals surface area (Å²) in [6.07, 6.45) is 2.50. The van der Waals surface area contributed by atoms with Gasteiger partial charge in [0.05, 0.1) is 5.92 Å². The van der Waals surface area contributed by atoms with E-state index in [0.717, 1.165) is 24.0 Å². The standard InChI is InChI=1S/C25H39NO5/c1-24(2,3)30-22(28)21(16-19-10-7-9-18(15-19)11-8-14-27)20-12-13-26(17-20)23(29)31-25(4,5)6/h7,9-10,15,20-21,27H,8,11-14,16-17H2,1-6H3/t20-,21-/m0/s1. The summed E-state index contributed by atoms with van der Waals surface area (Å²) in [6.45, 7) is 12.4. The molecule has 1 N–H and O–H groups in total. The Morgan fingerprint density at radius 3 is 2.35 bits per heavy atom. The number of amides is 1. The van der Waals surface area contributed by atoms with Gasteiger partial charge in [-0.3, -0.25) is 4.79 Å². The number of nitrogens with zero attached hydrogens (tertiary/aromatic N) is 1. The minimum absolute atomic E-state index is 0.0171. The maximum Gasteiger partial charge on any atom is 0.410 e. The van der Waals surface area contributed by atoms with Crippen molar-refractivity contribution in [3.05, 3.63) is 35.4 Å². The van der Waals surface area contributed by atoms with Crippen molar-refractivity contribution in [2.45, 2.75) is 78.4 Å². The smallest absolute Gasteiger partial charge is 0.410 e. The Labute approximate surface area is 186 Å². The SMILES string of the molecule is CC(C)(C)OC(=O)[C@@H](Cc1cccc(CCCO)c1)[C@H]1CCN(C(=O)OC(C)(C)C)C1. The van der Waals surface area contributed by atoms with Crippen molar-refractivity contribution < 1.29 is 24.2 Å². The van der Waals surface area contributed by atoms with Crippen molar-refractivity contribution in [2.24, 2.45) is 11.8 Å². The number of carbonyl (C=O) groups is 2. The summed E-state index contributed by atoms with van der Waals surface area (Å²) in [7, 11) is 0. The highest BCUT2D eigenvalue weighted by atomic mass is 16.6. The summed E-state index contributed by atoms with van der Waals surface area (Å²) in [4.78, 5) is 27.3. The lowest BCUT2D eigenvalue weighted by Crippen LogP contribution is -2.38. The van der Waals surface area contributed by atoms with Crippen LogP contribution >= 0.6 is 0 Å². The van der Waals surface area contributed by atoms with Gasteiger partial charge in [-0.2, -0.15) is 0 Å². The van der Waals surface area contributed by atoms with Gasteiger partial charge >= 0.3 is 12.1 Å². The lowest BCUT2D eigenvalue weighted by atomic mass is 9.85. The van der Waals surface area contributed by atoms with Gasteiger partial charge in [0.2, 0.25) is 0 Å². The number of aliphatic hydroxyl groups excluding tert-OH is 1. The fraction of sp³-hybridized carbons (Fsp3) is 0.680. The van der Waals surface area contributed by atoms with E-state index in [1.54, 1.807) is 4.90 Å². The number of likely N-dealkylation sites (tertiary alicyclic amines) is 1. The first-order valence-electron chi connectivity index (χ1n) is 11.3. The minimum Gasteiger partial charge on any atom is -0.460 e. The Kier molecular flexibility index (Phi) is 8.52. The second-order valence-corrected chi connectivity index (χ2v) is 10.5. The minimum atomic E-state index is -0.568. The molecule has 0 aliphatic carbocycles. The Bertz CT molecular complexity index is 747. The number of esters is 1. The number of carbonyl (C=O) groups excluding carboxylic acids is 2. The molecule has 0 saturated carbocycles. The van der Waals surface area contributed by atoms with Crippen molar-refractivity contribution >= 4 is 12.1 Å². The maximum atomic E-state index is 13.1. The molecule has 1 aliphatic heterocycles. The van der Waals surface area contributed by atoms with Crippen LogP contribution in [0.2, 0.25) is 0 Å². The first-order chi connectivity index (χ1) is 14.4. The van der Waals surface area contributed by atoms with Gasteiger partial charge in [-0.25, -0.2) is 4.79 Å². The topological polar surface area (TPSA) is 76.1 Å². The van der Waals surface area contributed by atoms with E-state index < -0.39 is 11.2 Å². The van der Waals surface area contributed by atoms with Crippen LogP contribution in [0.15, 0.2) is 24.3 Å². The molecule has 0 spiro atoms. The van der Waals surface area contributed by atoms with Crippen LogP contribution in [0.5, 0.6) is 0 Å². The zero-order chi connectivity index (χ0) is 23.2. The Balaban J connectivity index is 2.16. The summed E-state index contributed by atoms with van der Waals surface area (Å²) < 4.78 is 11.3. The highest BCUT2D eigenvalue weighted by molar-refractivity contribution is 5.74. The van der Waals surface area contributed by atoms with Crippen molar-refractivity contribution in [2.75, 3.05) is 19.7 Å². The van der Waals surface area contributed by atoms with Crippen LogP contribution in [0.3, 0.4) is 0 Å². The molecule has 174 valence electrons. The Hall–Kier alpha value is -2.08. The average molecular weight is 434 g/mol. The molecular formula is C25H39NO5. The number of ether oxygens (including phenoxy) is 2. The fourth-order valence-corrected chi connectivity index (χ4v) is 3.88. The number of hydrogen-bond donors (Lipinski definition) is 1. The quantitative estimate of drug-likeness (QED) is 0.646. The molecule has 6 nitrogen and oxygen atoms in total. The molecule has 1 aromatic rings. The largest absolute Gasteiger partial charge is 0.460 e. The van der Waals surface area contributed by atoms with E-state index in [4.69, 9.17) is 14.6 Å². The second kappa shape index (κ2) is 10.5. The van der Waals surface area contributed by atoms with Gasteiger partial charge in [-0.15, -0.1) is 0 Å². The van der Waals surface area contributed by atoms with Crippen molar-refractivity contribution in [3.63, 3.8) is 0 Å². The van der Waals surface area contributed by atoms with Crippen LogP contribution in [0, 0.1) is 11.8 Å². The van der Waals surface area contributed by atoms with Gasteiger partial charge in [-0.05, 0) is 84.3 Å². The van der Waals surface area contributed by atoms with Crippen LogP contribution in [0.1, 0.15) is 65.5 Å². The third kappa shape index (κ3) is 8.52. The summed E-state index contributed by atoms with van der Waals surface area (Å²) >= 11 is 0. The molecule has 2 atom stereocenters. The molecule has 0 aromatic heterocycles. The first-order valence-corrected chi connectivity index (χ1v) is 11.3. The zero-order valence-electron chi connectivity index (χ0n) is 19.9. The third-order valence-corrected chi connectivity index (χ3v) is 5.23. The Morgan fingerprint density at radius 1 is 1.10 bits per heavy atom. The highest BCUT2D eigenvalue weighted by Gasteiger charge is 2.39. The van der Waals surface area contributed by atoms with Crippen LogP contribution in [-0.2, 0) is 27.1 Å². The average Bonchev–Trinajstić information content (AvgIpc) is 3.12. The van der Waals surface area contributed by atoms with E-state index in [2.05, 4.69) is 6.07 Å². The molecule has 1 aromatic carbocycles. The highest BCUT2D eigenvalue weighted by Crippen LogP contribution is 2.31. The number of aliphatic hydroxyl groups is 1. The lowest BCUT2D eigenvalue weighted by molar-refractivity contribution is -0.161. The van der Waals surface area contributed by atoms with E-state index in [1.807, 2.05) is 59.7 Å². The van der Waals surface area contributed by atoms with Gasteiger partial charge in [0.25, 0.3) is 0 Å². The predicted molar refractivity (Wildman–Crippen MR) is 121 cm³/mol. The van der Waals surface area contributed by atoms with Gasteiger partial charge in [0.15, 0.2) is 0 Å². The van der Waals surface area contributed by atoms with Gasteiger partial charge in [0, 0.05) is 19.7 Å². The maximum absolute atomic E-state index is 13.1. The monoisotopic (exact) mass is 433 g/mol. The van der Waals surface area contributed by atoms with Gasteiger partial charge < -0.3 is 19.5 Å². The number of rotatable bonds is 7. The molecule has 1 aliphatic rings. The molecule has 0 radical (unpaired) electrons. The number of hydrogen-bond acceptors (Lipinski definition) is 5. The lowest BCUT2D eigenvalue weighted by Gasteiger charge is -2.28. The van der Waals surface area contributed by atoms with E-state index in [-0.39, 0.29) is 30.5 Å². The summed E-state index contributed by atoms with van der Waals surface area (Å²) in [5.74, 6) is -0.535. The van der Waals surface area contributed by atoms with Gasteiger partial charge in [-0.1, -0.05) is 24.3 Å². The van der Waals surface area contributed by atoms with Gasteiger partial charge in [0.1, 0.15) is 11.2 Å². The normalized spacial score (nSPS) is 18.0. The van der Waals surface area contributed by atoms with E-state index in [9.17, 15) is 9.59 Å². The zero-order valence-corrected chi connectivity index (χ0v) is 19.9. The predicted octanol–water partition coefficient (Wildman–Crippen LogP) is 4.37. The molecule has 31 heavy (non-hydrogen) atoms. The van der Waals surface area contributed by atoms with Crippen molar-refractivity contribution in [3.8, 4) is 0 Å². The van der Waals surface area contributed by atoms with Crippen molar-refractivity contribution in [1.82, 2.24) is 4.90 Å². The third-order valence-electron chi connectivity index (χ3n) is 5.23. The molecule has 1 heterocycles. The molecule has 2 rings (SSSR count). The van der Waals surface area contributed by atoms with Crippen LogP contribution in [-0.4, -0.2) is 53.0 Å². The second-order valence-electron chi connectivity index (χ2n) is 10.5. The van der Waals surface area contributed by atoms with E-state index in [0.29, 0.717) is 25.9 Å². The molecule has 1 fully saturated rings. The first kappa shape index (κ1) is 25.2. The molecule has 0 bridgehead atoms.